The van der Waals surface area contributed by atoms with Crippen molar-refractivity contribution in [3.63, 3.8) is 0 Å². The molecule has 0 spiro atoms. The Morgan fingerprint density at radius 3 is 2.57 bits per heavy atom. The molecule has 2 aromatic rings. The lowest BCUT2D eigenvalue weighted by molar-refractivity contribution is 0.106. The van der Waals surface area contributed by atoms with Crippen molar-refractivity contribution in [2.75, 3.05) is 39.3 Å². The molecule has 0 bridgehead atoms. The average Bonchev–Trinajstić information content (AvgIpc) is 2.77. The first-order valence-electron chi connectivity index (χ1n) is 7.65. The number of nitrogens with zero attached hydrogens (tertiary/aromatic N) is 4. The second-order valence-electron chi connectivity index (χ2n) is 5.92. The van der Waals surface area contributed by atoms with E-state index in [4.69, 9.17) is 10.1 Å². The number of aliphatic hydroxyl groups excluding tert-OH is 1. The topological polar surface area (TPSA) is 44.5 Å². The van der Waals surface area contributed by atoms with Crippen LogP contribution in [-0.2, 0) is 13.6 Å². The van der Waals surface area contributed by atoms with Crippen LogP contribution in [0.4, 0.5) is 0 Å². The number of aliphatic hydroxyl groups is 1. The molecule has 1 aromatic heterocycles. The number of aryl methyl sites for hydroxylation is 2. The lowest BCUT2D eigenvalue weighted by Crippen LogP contribution is -2.46. The van der Waals surface area contributed by atoms with Crippen molar-refractivity contribution in [1.29, 1.82) is 0 Å². The van der Waals surface area contributed by atoms with Gasteiger partial charge in [0.15, 0.2) is 0 Å². The standard InChI is InChI=1S/C16H24N4O/c1-13-3-4-15-14(11-13)17-16(18(15)2)12-20-7-5-19(6-8-20)9-10-21/h3-4,11,21H,5-10,12H2,1-2H3. The molecule has 1 N–H and O–H groups in total. The van der Waals surface area contributed by atoms with Gasteiger partial charge >= 0.3 is 0 Å². The van der Waals surface area contributed by atoms with Gasteiger partial charge in [-0.1, -0.05) is 6.07 Å². The molecule has 3 rings (SSSR count). The molecular formula is C16H24N4O. The summed E-state index contributed by atoms with van der Waals surface area (Å²) in [7, 11) is 2.10. The number of fused-ring (bicyclic) bond motifs is 1. The molecule has 0 radical (unpaired) electrons. The van der Waals surface area contributed by atoms with E-state index in [1.807, 2.05) is 0 Å². The number of hydrogen-bond acceptors (Lipinski definition) is 4. The molecule has 1 aliphatic rings. The third-order valence-corrected chi connectivity index (χ3v) is 4.38. The molecule has 0 unspecified atom stereocenters. The highest BCUT2D eigenvalue weighted by Gasteiger charge is 2.18. The fourth-order valence-corrected chi connectivity index (χ4v) is 3.01. The molecule has 2 heterocycles. The Morgan fingerprint density at radius 2 is 1.86 bits per heavy atom. The number of benzene rings is 1. The first-order valence-corrected chi connectivity index (χ1v) is 7.65. The molecule has 1 aliphatic heterocycles. The zero-order chi connectivity index (χ0) is 14.8. The van der Waals surface area contributed by atoms with Crippen LogP contribution in [0.5, 0.6) is 0 Å². The highest BCUT2D eigenvalue weighted by Crippen LogP contribution is 2.18. The quantitative estimate of drug-likeness (QED) is 0.911. The third-order valence-electron chi connectivity index (χ3n) is 4.38. The lowest BCUT2D eigenvalue weighted by Gasteiger charge is -2.34. The van der Waals surface area contributed by atoms with Crippen LogP contribution in [0, 0.1) is 6.92 Å². The summed E-state index contributed by atoms with van der Waals surface area (Å²) in [5.74, 6) is 1.13. The van der Waals surface area contributed by atoms with Gasteiger partial charge in [0.25, 0.3) is 0 Å². The maximum atomic E-state index is 8.99. The summed E-state index contributed by atoms with van der Waals surface area (Å²) in [6.45, 7) is 8.20. The molecule has 5 nitrogen and oxygen atoms in total. The molecule has 5 heteroatoms. The molecule has 0 aliphatic carbocycles. The van der Waals surface area contributed by atoms with Crippen LogP contribution in [0.3, 0.4) is 0 Å². The van der Waals surface area contributed by atoms with Gasteiger partial charge in [0, 0.05) is 39.8 Å². The largest absolute Gasteiger partial charge is 0.395 e. The zero-order valence-corrected chi connectivity index (χ0v) is 12.9. The summed E-state index contributed by atoms with van der Waals surface area (Å²) < 4.78 is 2.20. The van der Waals surface area contributed by atoms with Crippen LogP contribution in [0.2, 0.25) is 0 Å². The van der Waals surface area contributed by atoms with E-state index in [1.54, 1.807) is 0 Å². The van der Waals surface area contributed by atoms with Crippen LogP contribution < -0.4 is 0 Å². The Kier molecular flexibility index (Phi) is 4.24. The molecule has 1 fully saturated rings. The summed E-state index contributed by atoms with van der Waals surface area (Å²) in [6.07, 6.45) is 0. The van der Waals surface area contributed by atoms with Gasteiger partial charge in [0.05, 0.1) is 24.2 Å². The van der Waals surface area contributed by atoms with Crippen LogP contribution in [-0.4, -0.2) is 63.8 Å². The van der Waals surface area contributed by atoms with Crippen molar-refractivity contribution in [2.45, 2.75) is 13.5 Å². The predicted octanol–water partition coefficient (Wildman–Crippen LogP) is 0.992. The number of piperazine rings is 1. The average molecular weight is 288 g/mol. The summed E-state index contributed by atoms with van der Waals surface area (Å²) in [4.78, 5) is 9.55. The fourth-order valence-electron chi connectivity index (χ4n) is 3.01. The van der Waals surface area contributed by atoms with Crippen LogP contribution in [0.1, 0.15) is 11.4 Å². The van der Waals surface area contributed by atoms with Crippen molar-refractivity contribution in [1.82, 2.24) is 19.4 Å². The summed E-state index contributed by atoms with van der Waals surface area (Å²) in [6, 6.07) is 6.44. The van der Waals surface area contributed by atoms with E-state index in [0.717, 1.165) is 50.6 Å². The van der Waals surface area contributed by atoms with E-state index < -0.39 is 0 Å². The van der Waals surface area contributed by atoms with Crippen molar-refractivity contribution in [2.24, 2.45) is 7.05 Å². The van der Waals surface area contributed by atoms with Crippen molar-refractivity contribution in [3.8, 4) is 0 Å². The molecule has 0 amide bonds. The van der Waals surface area contributed by atoms with E-state index in [2.05, 4.69) is 46.5 Å². The summed E-state index contributed by atoms with van der Waals surface area (Å²) in [5, 5.41) is 8.99. The van der Waals surface area contributed by atoms with Gasteiger partial charge in [0.1, 0.15) is 5.82 Å². The normalized spacial score (nSPS) is 17.7. The van der Waals surface area contributed by atoms with Gasteiger partial charge in [-0.05, 0) is 24.6 Å². The molecule has 1 saturated heterocycles. The minimum absolute atomic E-state index is 0.254. The number of β-amino-alcohol motifs (C(OH)–C–C–N with tert-alkyl or cyclic N) is 1. The Labute approximate surface area is 125 Å². The zero-order valence-electron chi connectivity index (χ0n) is 12.9. The van der Waals surface area contributed by atoms with E-state index in [9.17, 15) is 0 Å². The van der Waals surface area contributed by atoms with Gasteiger partial charge in [0.2, 0.25) is 0 Å². The monoisotopic (exact) mass is 288 g/mol. The van der Waals surface area contributed by atoms with Crippen LogP contribution >= 0.6 is 0 Å². The molecule has 1 aromatic carbocycles. The van der Waals surface area contributed by atoms with Crippen molar-refractivity contribution >= 4 is 11.0 Å². The summed E-state index contributed by atoms with van der Waals surface area (Å²) in [5.41, 5.74) is 3.55. The van der Waals surface area contributed by atoms with E-state index in [0.29, 0.717) is 0 Å². The van der Waals surface area contributed by atoms with Crippen molar-refractivity contribution < 1.29 is 5.11 Å². The maximum Gasteiger partial charge on any atom is 0.123 e. The SMILES string of the molecule is Cc1ccc2c(c1)nc(CN1CCN(CCO)CC1)n2C. The van der Waals surface area contributed by atoms with Gasteiger partial charge in [-0.15, -0.1) is 0 Å². The second-order valence-corrected chi connectivity index (χ2v) is 5.92. The predicted molar refractivity (Wildman–Crippen MR) is 84.3 cm³/mol. The molecule has 0 saturated carbocycles. The second kappa shape index (κ2) is 6.13. The molecule has 0 atom stereocenters. The molecular weight excluding hydrogens is 264 g/mol. The smallest absolute Gasteiger partial charge is 0.123 e. The van der Waals surface area contributed by atoms with E-state index >= 15 is 0 Å². The maximum absolute atomic E-state index is 8.99. The van der Waals surface area contributed by atoms with Gasteiger partial charge in [-0.2, -0.15) is 0 Å². The highest BCUT2D eigenvalue weighted by atomic mass is 16.3. The first kappa shape index (κ1) is 14.5. The Balaban J connectivity index is 1.70. The van der Waals surface area contributed by atoms with Crippen LogP contribution in [0.25, 0.3) is 11.0 Å². The Morgan fingerprint density at radius 1 is 1.14 bits per heavy atom. The minimum Gasteiger partial charge on any atom is -0.395 e. The van der Waals surface area contributed by atoms with Gasteiger partial charge in [-0.3, -0.25) is 9.80 Å². The van der Waals surface area contributed by atoms with E-state index in [1.165, 1.54) is 11.1 Å². The number of aromatic nitrogens is 2. The fraction of sp³-hybridized carbons (Fsp3) is 0.562. The third kappa shape index (κ3) is 3.10. The lowest BCUT2D eigenvalue weighted by atomic mass is 10.2. The number of rotatable bonds is 4. The number of imidazole rings is 1. The van der Waals surface area contributed by atoms with E-state index in [-0.39, 0.29) is 6.61 Å². The van der Waals surface area contributed by atoms with Crippen LogP contribution in [0.15, 0.2) is 18.2 Å². The Bertz CT molecular complexity index is 614. The number of hydrogen-bond donors (Lipinski definition) is 1. The molecule has 21 heavy (non-hydrogen) atoms. The van der Waals surface area contributed by atoms with Gasteiger partial charge in [-0.25, -0.2) is 4.98 Å². The highest BCUT2D eigenvalue weighted by molar-refractivity contribution is 5.76. The first-order chi connectivity index (χ1) is 10.2. The Hall–Kier alpha value is -1.43. The van der Waals surface area contributed by atoms with Gasteiger partial charge < -0.3 is 9.67 Å². The minimum atomic E-state index is 0.254. The summed E-state index contributed by atoms with van der Waals surface area (Å²) >= 11 is 0. The van der Waals surface area contributed by atoms with Crippen molar-refractivity contribution in [3.05, 3.63) is 29.6 Å². The molecule has 114 valence electrons.